The van der Waals surface area contributed by atoms with Crippen molar-refractivity contribution in [3.05, 3.63) is 229 Å². The highest BCUT2D eigenvalue weighted by molar-refractivity contribution is 7.96. The predicted molar refractivity (Wildman–Crippen MR) is 289 cm³/mol. The SMILES string of the molecule is CCCCCCCc1cc(/C=C/C[P+](c2ccccc2)(c2ccccc2)c2ccccc2)c(CCCCCCC)cc1/C=C/C[P+](c1ccccc1)(c1ccccc1)c1ccccc1. The van der Waals surface area contributed by atoms with Gasteiger partial charge in [-0.15, -0.1) is 0 Å². The summed E-state index contributed by atoms with van der Waals surface area (Å²) in [6, 6.07) is 73.2. The molecule has 0 amide bonds. The Balaban J connectivity index is 1.31. The van der Waals surface area contributed by atoms with Gasteiger partial charge in [0.25, 0.3) is 0 Å². The summed E-state index contributed by atoms with van der Waals surface area (Å²) in [5.74, 6) is 0. The largest absolute Gasteiger partial charge is 0.115 e. The Morgan fingerprint density at radius 2 is 0.562 bits per heavy atom. The lowest BCUT2D eigenvalue weighted by atomic mass is 9.91. The van der Waals surface area contributed by atoms with E-state index >= 15 is 0 Å². The molecule has 0 bridgehead atoms. The average Bonchev–Trinajstić information content (AvgIpc) is 3.36. The minimum atomic E-state index is -1.99. The summed E-state index contributed by atoms with van der Waals surface area (Å²) < 4.78 is 0. The fourth-order valence-corrected chi connectivity index (χ4v) is 17.6. The molecular formula is C62H70P2+2. The molecule has 7 aromatic rings. The second kappa shape index (κ2) is 24.8. The minimum absolute atomic E-state index is 0.971. The summed E-state index contributed by atoms with van der Waals surface area (Å²) in [5.41, 5.74) is 5.78. The molecule has 0 unspecified atom stereocenters. The van der Waals surface area contributed by atoms with E-state index in [1.54, 1.807) is 0 Å². The van der Waals surface area contributed by atoms with Crippen molar-refractivity contribution in [2.24, 2.45) is 0 Å². The van der Waals surface area contributed by atoms with Gasteiger partial charge in [-0.05, 0) is 133 Å². The van der Waals surface area contributed by atoms with Crippen molar-refractivity contribution in [3.8, 4) is 0 Å². The van der Waals surface area contributed by atoms with Gasteiger partial charge >= 0.3 is 0 Å². The number of unbranched alkanes of at least 4 members (excludes halogenated alkanes) is 8. The van der Waals surface area contributed by atoms with Crippen molar-refractivity contribution in [1.29, 1.82) is 0 Å². The van der Waals surface area contributed by atoms with Gasteiger partial charge in [0.05, 0.1) is 12.3 Å². The van der Waals surface area contributed by atoms with Crippen LogP contribution in [0.1, 0.15) is 100 Å². The Kier molecular flexibility index (Phi) is 18.2. The van der Waals surface area contributed by atoms with E-state index in [2.05, 4.69) is 232 Å². The first kappa shape index (κ1) is 46.9. The quantitative estimate of drug-likeness (QED) is 0.0419. The zero-order valence-corrected chi connectivity index (χ0v) is 40.4. The maximum Gasteiger partial charge on any atom is 0.115 e. The first-order valence-corrected chi connectivity index (χ1v) is 28.2. The fourth-order valence-electron chi connectivity index (χ4n) is 9.61. The number of rotatable bonds is 24. The molecule has 7 rings (SSSR count). The van der Waals surface area contributed by atoms with Crippen LogP contribution in [0.5, 0.6) is 0 Å². The molecule has 0 nitrogen and oxygen atoms in total. The Hall–Kier alpha value is -5.12. The lowest BCUT2D eigenvalue weighted by molar-refractivity contribution is 0.629. The Morgan fingerprint density at radius 1 is 0.312 bits per heavy atom. The van der Waals surface area contributed by atoms with Crippen molar-refractivity contribution < 1.29 is 0 Å². The third-order valence-electron chi connectivity index (χ3n) is 13.0. The maximum absolute atomic E-state index is 2.60. The molecule has 2 heteroatoms. The minimum Gasteiger partial charge on any atom is -0.0654 e. The second-order valence-corrected chi connectivity index (χ2v) is 24.4. The molecule has 0 fully saturated rings. The molecule has 0 aliphatic heterocycles. The highest BCUT2D eigenvalue weighted by atomic mass is 31.2. The zero-order chi connectivity index (χ0) is 44.1. The van der Waals surface area contributed by atoms with E-state index in [1.165, 1.54) is 118 Å². The van der Waals surface area contributed by atoms with Crippen LogP contribution in [0.25, 0.3) is 12.2 Å². The van der Waals surface area contributed by atoms with Crippen molar-refractivity contribution in [2.75, 3.05) is 12.3 Å². The molecule has 64 heavy (non-hydrogen) atoms. The van der Waals surface area contributed by atoms with Crippen molar-refractivity contribution in [3.63, 3.8) is 0 Å². The van der Waals surface area contributed by atoms with Gasteiger partial charge in [-0.2, -0.15) is 0 Å². The normalized spacial score (nSPS) is 12.0. The lowest BCUT2D eigenvalue weighted by Gasteiger charge is -2.26. The van der Waals surface area contributed by atoms with Crippen molar-refractivity contribution in [1.82, 2.24) is 0 Å². The van der Waals surface area contributed by atoms with Crippen LogP contribution < -0.4 is 31.8 Å². The molecule has 0 spiro atoms. The smallest absolute Gasteiger partial charge is 0.0654 e. The Morgan fingerprint density at radius 3 is 0.812 bits per heavy atom. The predicted octanol–water partition coefficient (Wildman–Crippen LogP) is 14.7. The maximum atomic E-state index is 2.60. The summed E-state index contributed by atoms with van der Waals surface area (Å²) in [5, 5.41) is 8.59. The van der Waals surface area contributed by atoms with E-state index in [0.717, 1.165) is 25.2 Å². The molecule has 0 saturated carbocycles. The van der Waals surface area contributed by atoms with Gasteiger partial charge in [-0.3, -0.25) is 0 Å². The molecule has 7 aromatic carbocycles. The first-order chi connectivity index (χ1) is 31.7. The second-order valence-electron chi connectivity index (χ2n) is 17.4. The molecule has 0 aromatic heterocycles. The van der Waals surface area contributed by atoms with Crippen molar-refractivity contribution >= 4 is 58.5 Å². The first-order valence-electron chi connectivity index (χ1n) is 24.3. The van der Waals surface area contributed by atoms with E-state index in [0.29, 0.717) is 0 Å². The van der Waals surface area contributed by atoms with Gasteiger partial charge in [0.1, 0.15) is 46.4 Å². The van der Waals surface area contributed by atoms with Crippen LogP contribution in [-0.4, -0.2) is 12.3 Å². The monoisotopic (exact) mass is 876 g/mol. The molecular weight excluding hydrogens is 807 g/mol. The molecule has 0 radical (unpaired) electrons. The van der Waals surface area contributed by atoms with E-state index in [-0.39, 0.29) is 0 Å². The van der Waals surface area contributed by atoms with Crippen LogP contribution in [0.15, 0.2) is 206 Å². The van der Waals surface area contributed by atoms with Gasteiger partial charge in [-0.1, -0.05) is 199 Å². The molecule has 326 valence electrons. The number of hydrogen-bond acceptors (Lipinski definition) is 0. The molecule has 0 atom stereocenters. The molecule has 0 saturated heterocycles. The van der Waals surface area contributed by atoms with E-state index in [4.69, 9.17) is 0 Å². The summed E-state index contributed by atoms with van der Waals surface area (Å²) in [7, 11) is -3.98. The lowest BCUT2D eigenvalue weighted by Crippen LogP contribution is -2.32. The summed E-state index contributed by atoms with van der Waals surface area (Å²) >= 11 is 0. The molecule has 0 aliphatic carbocycles. The highest BCUT2D eigenvalue weighted by Crippen LogP contribution is 2.56. The number of aryl methyl sites for hydroxylation is 2. The zero-order valence-electron chi connectivity index (χ0n) is 38.6. The number of benzene rings is 7. The van der Waals surface area contributed by atoms with Crippen LogP contribution in [0.3, 0.4) is 0 Å². The van der Waals surface area contributed by atoms with Crippen molar-refractivity contribution in [2.45, 2.75) is 90.9 Å². The standard InChI is InChI=1S/C62H70P2/c1-3-5-7-9-17-33-53-51-56(36-32-50-64(60-43-25-14-26-44-60,61-45-27-15-28-46-61)62-47-29-16-30-48-62)54(34-18-10-8-6-4-2)52-55(53)35-31-49-63(57-37-19-11-20-38-57,58-39-21-12-22-40-58)59-41-23-13-24-42-59/h11-16,19-32,35-48,51-52H,3-10,17-18,33-34,49-50H2,1-2H3/q+2/b35-31+,36-32+. The fraction of sp³-hybridized carbons (Fsp3) is 0.258. The van der Waals surface area contributed by atoms with Crippen LogP contribution >= 0.6 is 14.5 Å². The van der Waals surface area contributed by atoms with E-state index in [9.17, 15) is 0 Å². The van der Waals surface area contributed by atoms with Crippen LogP contribution in [-0.2, 0) is 12.8 Å². The van der Waals surface area contributed by atoms with Gasteiger partial charge < -0.3 is 0 Å². The van der Waals surface area contributed by atoms with Gasteiger partial charge in [0, 0.05) is 0 Å². The van der Waals surface area contributed by atoms with E-state index in [1.807, 2.05) is 0 Å². The number of hydrogen-bond donors (Lipinski definition) is 0. The Bertz CT molecular complexity index is 2070. The van der Waals surface area contributed by atoms with Gasteiger partial charge in [0.15, 0.2) is 0 Å². The molecule has 0 aliphatic rings. The third kappa shape index (κ3) is 11.8. The van der Waals surface area contributed by atoms with Crippen LogP contribution in [0, 0.1) is 0 Å². The van der Waals surface area contributed by atoms with Gasteiger partial charge in [0.2, 0.25) is 0 Å². The third-order valence-corrected chi connectivity index (χ3v) is 21.6. The highest BCUT2D eigenvalue weighted by Gasteiger charge is 2.45. The van der Waals surface area contributed by atoms with Crippen LogP contribution in [0.2, 0.25) is 0 Å². The summed E-state index contributed by atoms with van der Waals surface area (Å²) in [6.45, 7) is 4.63. The molecule has 0 N–H and O–H groups in total. The summed E-state index contributed by atoms with van der Waals surface area (Å²) in [4.78, 5) is 0. The Labute approximate surface area is 388 Å². The van der Waals surface area contributed by atoms with Gasteiger partial charge in [-0.25, -0.2) is 0 Å². The summed E-state index contributed by atoms with van der Waals surface area (Å²) in [6.07, 6.45) is 27.0. The molecule has 0 heterocycles. The average molecular weight is 877 g/mol. The topological polar surface area (TPSA) is 0 Å². The van der Waals surface area contributed by atoms with E-state index < -0.39 is 14.5 Å². The van der Waals surface area contributed by atoms with Crippen LogP contribution in [0.4, 0.5) is 0 Å². The number of allylic oxidation sites excluding steroid dienone is 2.